The van der Waals surface area contributed by atoms with Crippen molar-refractivity contribution in [2.24, 2.45) is 0 Å². The zero-order valence-corrected chi connectivity index (χ0v) is 18.3. The lowest BCUT2D eigenvalue weighted by Crippen LogP contribution is -1.93. The number of aromatic nitrogens is 1. The van der Waals surface area contributed by atoms with Crippen molar-refractivity contribution in [2.75, 3.05) is 0 Å². The molecule has 2 heterocycles. The predicted octanol–water partition coefficient (Wildman–Crippen LogP) is 8.84. The van der Waals surface area contributed by atoms with Gasteiger partial charge in [0.1, 0.15) is 11.3 Å². The predicted molar refractivity (Wildman–Crippen MR) is 140 cm³/mol. The van der Waals surface area contributed by atoms with Gasteiger partial charge in [0, 0.05) is 33.0 Å². The Morgan fingerprint density at radius 3 is 1.97 bits per heavy atom. The molecule has 0 saturated carbocycles. The lowest BCUT2D eigenvalue weighted by Gasteiger charge is -2.12. The molecule has 2 aromatic heterocycles. The fourth-order valence-electron chi connectivity index (χ4n) is 5.80. The first kappa shape index (κ1) is 17.9. The number of para-hydroxylation sites is 1. The molecule has 0 saturated heterocycles. The molecule has 2 nitrogen and oxygen atoms in total. The third-order valence-corrected chi connectivity index (χ3v) is 7.15. The molecule has 0 atom stereocenters. The third-order valence-electron chi connectivity index (χ3n) is 7.15. The summed E-state index contributed by atoms with van der Waals surface area (Å²) < 4.78 is 9.01. The number of benzene rings is 5. The first-order valence-corrected chi connectivity index (χ1v) is 11.6. The summed E-state index contributed by atoms with van der Waals surface area (Å²) in [6, 6.07) is 40.9. The summed E-state index contributed by atoms with van der Waals surface area (Å²) in [4.78, 5) is 0. The van der Waals surface area contributed by atoms with Gasteiger partial charge in [0.25, 0.3) is 0 Å². The van der Waals surface area contributed by atoms with Crippen molar-refractivity contribution in [1.82, 2.24) is 4.57 Å². The molecule has 0 fully saturated rings. The lowest BCUT2D eigenvalue weighted by atomic mass is 9.93. The molecule has 0 spiro atoms. The van der Waals surface area contributed by atoms with Gasteiger partial charge in [-0.1, -0.05) is 84.9 Å². The van der Waals surface area contributed by atoms with E-state index in [1.807, 2.05) is 0 Å². The lowest BCUT2D eigenvalue weighted by molar-refractivity contribution is 0.632. The molecular weight excluding hydrogens is 414 g/mol. The molecular formula is C32H19NO. The maximum absolute atomic E-state index is 6.62. The van der Waals surface area contributed by atoms with E-state index in [0.717, 1.165) is 16.9 Å². The number of nitrogens with zero attached hydrogens (tertiary/aromatic N) is 1. The largest absolute Gasteiger partial charge is 0.455 e. The van der Waals surface area contributed by atoms with E-state index in [9.17, 15) is 0 Å². The van der Waals surface area contributed by atoms with Gasteiger partial charge in [-0.05, 0) is 47.0 Å². The second kappa shape index (κ2) is 6.49. The highest BCUT2D eigenvalue weighted by molar-refractivity contribution is 6.31. The number of fused-ring (bicyclic) bond motifs is 3. The van der Waals surface area contributed by atoms with Crippen LogP contribution < -0.4 is 0 Å². The van der Waals surface area contributed by atoms with Gasteiger partial charge in [0.2, 0.25) is 0 Å². The summed E-state index contributed by atoms with van der Waals surface area (Å²) in [5, 5.41) is 3.76. The molecule has 7 aromatic rings. The van der Waals surface area contributed by atoms with Crippen LogP contribution in [0.1, 0.15) is 0 Å². The number of hydrogen-bond acceptors (Lipinski definition) is 1. The maximum Gasteiger partial charge on any atom is 0.143 e. The molecule has 158 valence electrons. The second-order valence-corrected chi connectivity index (χ2v) is 8.92. The Bertz CT molecular complexity index is 1890. The van der Waals surface area contributed by atoms with Gasteiger partial charge in [-0.2, -0.15) is 0 Å². The topological polar surface area (TPSA) is 18.1 Å². The van der Waals surface area contributed by atoms with Gasteiger partial charge < -0.3 is 8.98 Å². The van der Waals surface area contributed by atoms with Crippen LogP contribution in [-0.4, -0.2) is 4.57 Å². The molecule has 0 N–H and O–H groups in total. The summed E-state index contributed by atoms with van der Waals surface area (Å²) in [6.07, 6.45) is 0. The smallest absolute Gasteiger partial charge is 0.143 e. The van der Waals surface area contributed by atoms with Crippen LogP contribution >= 0.6 is 0 Å². The van der Waals surface area contributed by atoms with Gasteiger partial charge in [-0.3, -0.25) is 0 Å². The van der Waals surface area contributed by atoms with Crippen molar-refractivity contribution in [3.63, 3.8) is 0 Å². The Morgan fingerprint density at radius 1 is 0.471 bits per heavy atom. The highest BCUT2D eigenvalue weighted by Gasteiger charge is 2.29. The number of rotatable bonds is 2. The van der Waals surface area contributed by atoms with Crippen molar-refractivity contribution < 1.29 is 4.42 Å². The molecule has 5 aromatic carbocycles. The zero-order valence-electron chi connectivity index (χ0n) is 18.3. The van der Waals surface area contributed by atoms with Crippen molar-refractivity contribution in [2.45, 2.75) is 0 Å². The maximum atomic E-state index is 6.62. The molecule has 1 aliphatic rings. The van der Waals surface area contributed by atoms with Crippen LogP contribution in [0.25, 0.3) is 72.0 Å². The average molecular weight is 434 g/mol. The highest BCUT2D eigenvalue weighted by atomic mass is 16.3. The molecule has 1 aliphatic carbocycles. The Balaban J connectivity index is 1.67. The van der Waals surface area contributed by atoms with Gasteiger partial charge in [-0.25, -0.2) is 0 Å². The molecule has 0 bridgehead atoms. The van der Waals surface area contributed by atoms with Gasteiger partial charge in [0.15, 0.2) is 0 Å². The average Bonchev–Trinajstić information content (AvgIpc) is 3.41. The summed E-state index contributed by atoms with van der Waals surface area (Å²) in [5.41, 5.74) is 10.6. The normalized spacial score (nSPS) is 12.1. The monoisotopic (exact) mass is 433 g/mol. The fraction of sp³-hybridized carbons (Fsp3) is 0. The van der Waals surface area contributed by atoms with E-state index in [0.29, 0.717) is 0 Å². The highest BCUT2D eigenvalue weighted by Crippen LogP contribution is 2.53. The minimum atomic E-state index is 0.931. The van der Waals surface area contributed by atoms with Crippen LogP contribution in [0, 0.1) is 0 Å². The van der Waals surface area contributed by atoms with Crippen molar-refractivity contribution in [1.29, 1.82) is 0 Å². The van der Waals surface area contributed by atoms with Crippen LogP contribution in [0.3, 0.4) is 0 Å². The molecule has 0 radical (unpaired) electrons. The van der Waals surface area contributed by atoms with Crippen LogP contribution in [0.2, 0.25) is 0 Å². The van der Waals surface area contributed by atoms with Gasteiger partial charge in [0.05, 0.1) is 11.0 Å². The Morgan fingerprint density at radius 2 is 1.15 bits per heavy atom. The van der Waals surface area contributed by atoms with E-state index < -0.39 is 0 Å². The first-order chi connectivity index (χ1) is 16.9. The second-order valence-electron chi connectivity index (χ2n) is 8.92. The fourth-order valence-corrected chi connectivity index (χ4v) is 5.80. The molecule has 34 heavy (non-hydrogen) atoms. The summed E-state index contributed by atoms with van der Waals surface area (Å²) in [7, 11) is 0. The van der Waals surface area contributed by atoms with Crippen molar-refractivity contribution in [3.8, 4) is 39.3 Å². The Labute approximate surface area is 196 Å². The van der Waals surface area contributed by atoms with Gasteiger partial charge >= 0.3 is 0 Å². The van der Waals surface area contributed by atoms with E-state index in [-0.39, 0.29) is 0 Å². The summed E-state index contributed by atoms with van der Waals surface area (Å²) in [5.74, 6) is 0.934. The minimum Gasteiger partial charge on any atom is -0.455 e. The quantitative estimate of drug-likeness (QED) is 0.266. The van der Waals surface area contributed by atoms with Crippen LogP contribution in [0.15, 0.2) is 120 Å². The van der Waals surface area contributed by atoms with E-state index in [2.05, 4.69) is 120 Å². The zero-order chi connectivity index (χ0) is 22.2. The molecule has 0 amide bonds. The summed E-state index contributed by atoms with van der Waals surface area (Å²) >= 11 is 0. The Hall–Kier alpha value is -4.56. The van der Waals surface area contributed by atoms with E-state index >= 15 is 0 Å². The standard InChI is InChI=1S/C32H19NO/c1-3-10-20(11-4-1)32-29-24-15-8-7-14-22(24)23-16-9-17-25-28(23)30-26(18-19-27(34-32)31(29)30)33(25)21-12-5-2-6-13-21/h1-19H. The van der Waals surface area contributed by atoms with Gasteiger partial charge in [-0.15, -0.1) is 0 Å². The molecule has 8 rings (SSSR count). The molecule has 0 unspecified atom stereocenters. The van der Waals surface area contributed by atoms with Crippen LogP contribution in [0.4, 0.5) is 0 Å². The minimum absolute atomic E-state index is 0.931. The van der Waals surface area contributed by atoms with Crippen molar-refractivity contribution in [3.05, 3.63) is 115 Å². The van der Waals surface area contributed by atoms with E-state index in [4.69, 9.17) is 4.42 Å². The van der Waals surface area contributed by atoms with Crippen LogP contribution in [0.5, 0.6) is 0 Å². The van der Waals surface area contributed by atoms with Crippen LogP contribution in [-0.2, 0) is 0 Å². The SMILES string of the molecule is c1ccc(-c2oc3ccc4c5c3c2-c2ccccc2-c2cccc(c25)n4-c2ccccc2)cc1. The third kappa shape index (κ3) is 2.20. The Kier molecular flexibility index (Phi) is 3.42. The number of furan rings is 1. The first-order valence-electron chi connectivity index (χ1n) is 11.6. The molecule has 2 heteroatoms. The summed E-state index contributed by atoms with van der Waals surface area (Å²) in [6.45, 7) is 0. The van der Waals surface area contributed by atoms with E-state index in [1.165, 1.54) is 55.1 Å². The molecule has 0 aliphatic heterocycles. The number of hydrogen-bond donors (Lipinski definition) is 0. The van der Waals surface area contributed by atoms with Crippen molar-refractivity contribution >= 4 is 32.8 Å². The van der Waals surface area contributed by atoms with E-state index in [1.54, 1.807) is 0 Å².